The number of esters is 1. The van der Waals surface area contributed by atoms with Crippen molar-refractivity contribution in [3.05, 3.63) is 70.5 Å². The molecule has 166 valence electrons. The smallest absolute Gasteiger partial charge is 0.341 e. The van der Waals surface area contributed by atoms with Crippen LogP contribution in [0.15, 0.2) is 48.0 Å². The molecule has 0 radical (unpaired) electrons. The van der Waals surface area contributed by atoms with E-state index in [0.717, 1.165) is 31.6 Å². The second-order valence-corrected chi connectivity index (χ2v) is 8.38. The van der Waals surface area contributed by atoms with Gasteiger partial charge in [-0.2, -0.15) is 0 Å². The van der Waals surface area contributed by atoms with E-state index in [0.29, 0.717) is 17.4 Å². The van der Waals surface area contributed by atoms with Crippen molar-refractivity contribution in [3.63, 3.8) is 0 Å². The Morgan fingerprint density at radius 1 is 1.23 bits per heavy atom. The summed E-state index contributed by atoms with van der Waals surface area (Å²) < 4.78 is 25.4. The molecule has 0 saturated heterocycles. The lowest BCUT2D eigenvalue weighted by molar-refractivity contribution is 0.0521. The van der Waals surface area contributed by atoms with E-state index >= 15 is 4.39 Å². The summed E-state index contributed by atoms with van der Waals surface area (Å²) in [6.07, 6.45) is 4.72. The Morgan fingerprint density at radius 2 is 2.00 bits per heavy atom. The third-order valence-corrected chi connectivity index (χ3v) is 5.89. The molecule has 0 spiro atoms. The Hall–Kier alpha value is -2.66. The standard InChI is InChI=1S/C26H32FNO3/c1-5-31-26(29)23-11-7-9-20(25(23)27)14-18-12-13-21(17-28(2)3)24(15-18)19-8-6-10-22(16-19)30-4/h6-11,14,16,21,24H,5,12-13,15,17H2,1-4H3/b18-14-/t21-,24?/m1/s1. The van der Waals surface area contributed by atoms with E-state index in [1.165, 1.54) is 17.2 Å². The first-order valence-corrected chi connectivity index (χ1v) is 10.9. The van der Waals surface area contributed by atoms with Gasteiger partial charge in [-0.1, -0.05) is 35.9 Å². The van der Waals surface area contributed by atoms with Crippen molar-refractivity contribution in [1.82, 2.24) is 4.90 Å². The van der Waals surface area contributed by atoms with Gasteiger partial charge in [-0.05, 0) is 75.9 Å². The molecule has 0 heterocycles. The summed E-state index contributed by atoms with van der Waals surface area (Å²) in [7, 11) is 5.89. The number of rotatable bonds is 7. The predicted molar refractivity (Wildman–Crippen MR) is 122 cm³/mol. The van der Waals surface area contributed by atoms with Crippen LogP contribution in [0, 0.1) is 11.7 Å². The first-order valence-electron chi connectivity index (χ1n) is 10.9. The third-order valence-electron chi connectivity index (χ3n) is 5.89. The van der Waals surface area contributed by atoms with Crippen molar-refractivity contribution in [3.8, 4) is 5.75 Å². The van der Waals surface area contributed by atoms with E-state index in [-0.39, 0.29) is 12.2 Å². The third kappa shape index (κ3) is 5.73. The molecule has 2 aromatic carbocycles. The number of ether oxygens (including phenoxy) is 2. The van der Waals surface area contributed by atoms with Crippen molar-refractivity contribution >= 4 is 12.0 Å². The lowest BCUT2D eigenvalue weighted by Gasteiger charge is -2.35. The van der Waals surface area contributed by atoms with Crippen LogP contribution >= 0.6 is 0 Å². The van der Waals surface area contributed by atoms with Gasteiger partial charge < -0.3 is 14.4 Å². The maximum absolute atomic E-state index is 15.0. The van der Waals surface area contributed by atoms with Crippen LogP contribution in [0.1, 0.15) is 53.6 Å². The molecule has 0 aliphatic heterocycles. The summed E-state index contributed by atoms with van der Waals surface area (Å²) in [5, 5.41) is 0. The number of benzene rings is 2. The van der Waals surface area contributed by atoms with Crippen LogP contribution in [-0.2, 0) is 4.74 Å². The molecule has 4 nitrogen and oxygen atoms in total. The Bertz CT molecular complexity index is 938. The zero-order valence-corrected chi connectivity index (χ0v) is 18.9. The molecule has 0 amide bonds. The van der Waals surface area contributed by atoms with Gasteiger partial charge in [0.1, 0.15) is 11.6 Å². The molecule has 0 aromatic heterocycles. The molecule has 1 unspecified atom stereocenters. The summed E-state index contributed by atoms with van der Waals surface area (Å²) in [6.45, 7) is 2.94. The summed E-state index contributed by atoms with van der Waals surface area (Å²) in [6, 6.07) is 13.2. The molecular weight excluding hydrogens is 393 g/mol. The highest BCUT2D eigenvalue weighted by molar-refractivity contribution is 5.90. The topological polar surface area (TPSA) is 38.8 Å². The molecule has 1 aliphatic carbocycles. The van der Waals surface area contributed by atoms with Crippen LogP contribution in [-0.4, -0.2) is 45.2 Å². The van der Waals surface area contributed by atoms with Crippen molar-refractivity contribution in [2.75, 3.05) is 34.4 Å². The quantitative estimate of drug-likeness (QED) is 0.546. The van der Waals surface area contributed by atoms with E-state index in [2.05, 4.69) is 31.1 Å². The molecule has 3 rings (SSSR count). The van der Waals surface area contributed by atoms with Crippen molar-refractivity contribution in [1.29, 1.82) is 0 Å². The van der Waals surface area contributed by atoms with E-state index in [1.807, 2.05) is 18.2 Å². The number of nitrogens with zero attached hydrogens (tertiary/aromatic N) is 1. The zero-order chi connectivity index (χ0) is 22.4. The van der Waals surface area contributed by atoms with E-state index in [1.54, 1.807) is 26.2 Å². The number of hydrogen-bond acceptors (Lipinski definition) is 4. The Morgan fingerprint density at radius 3 is 2.71 bits per heavy atom. The van der Waals surface area contributed by atoms with Gasteiger partial charge in [0.15, 0.2) is 0 Å². The first-order chi connectivity index (χ1) is 14.9. The van der Waals surface area contributed by atoms with Gasteiger partial charge in [-0.15, -0.1) is 0 Å². The molecular formula is C26H32FNO3. The molecule has 2 aromatic rings. The number of hydrogen-bond donors (Lipinski definition) is 0. The average Bonchev–Trinajstić information content (AvgIpc) is 2.76. The monoisotopic (exact) mass is 425 g/mol. The largest absolute Gasteiger partial charge is 0.497 e. The lowest BCUT2D eigenvalue weighted by Crippen LogP contribution is -2.29. The summed E-state index contributed by atoms with van der Waals surface area (Å²) in [4.78, 5) is 14.3. The SMILES string of the molecule is CCOC(=O)c1cccc(/C=C2/CC[C@H](CN(C)C)C(c3cccc(OC)c3)C2)c1F. The summed E-state index contributed by atoms with van der Waals surface area (Å²) >= 11 is 0. The van der Waals surface area contributed by atoms with Gasteiger partial charge in [-0.25, -0.2) is 9.18 Å². The maximum Gasteiger partial charge on any atom is 0.341 e. The number of allylic oxidation sites excluding steroid dienone is 1. The van der Waals surface area contributed by atoms with Gasteiger partial charge >= 0.3 is 5.97 Å². The van der Waals surface area contributed by atoms with Crippen molar-refractivity contribution in [2.45, 2.75) is 32.1 Å². The second-order valence-electron chi connectivity index (χ2n) is 8.38. The number of carbonyl (C=O) groups is 1. The van der Waals surface area contributed by atoms with Crippen molar-refractivity contribution in [2.24, 2.45) is 5.92 Å². The molecule has 0 bridgehead atoms. The van der Waals surface area contributed by atoms with Crippen LogP contribution in [0.25, 0.3) is 6.08 Å². The zero-order valence-electron chi connectivity index (χ0n) is 18.9. The molecule has 1 aliphatic rings. The average molecular weight is 426 g/mol. The van der Waals surface area contributed by atoms with Gasteiger partial charge in [0, 0.05) is 12.1 Å². The number of carbonyl (C=O) groups excluding carboxylic acids is 1. The summed E-state index contributed by atoms with van der Waals surface area (Å²) in [5.41, 5.74) is 2.87. The Labute approximate surface area is 184 Å². The van der Waals surface area contributed by atoms with Crippen LogP contribution in [0.2, 0.25) is 0 Å². The fraction of sp³-hybridized carbons (Fsp3) is 0.423. The van der Waals surface area contributed by atoms with Crippen molar-refractivity contribution < 1.29 is 18.7 Å². The predicted octanol–water partition coefficient (Wildman–Crippen LogP) is 5.54. The van der Waals surface area contributed by atoms with Crippen LogP contribution in [0.3, 0.4) is 0 Å². The number of methoxy groups -OCH3 is 1. The Kier molecular flexibility index (Phi) is 7.85. The number of halogens is 1. The molecule has 2 atom stereocenters. The van der Waals surface area contributed by atoms with E-state index < -0.39 is 11.8 Å². The van der Waals surface area contributed by atoms with Gasteiger partial charge in [-0.3, -0.25) is 0 Å². The highest BCUT2D eigenvalue weighted by atomic mass is 19.1. The fourth-order valence-electron chi connectivity index (χ4n) is 4.45. The van der Waals surface area contributed by atoms with Gasteiger partial charge in [0.2, 0.25) is 0 Å². The molecule has 0 N–H and O–H groups in total. The minimum absolute atomic E-state index is 0.0122. The maximum atomic E-state index is 15.0. The molecule has 1 fully saturated rings. The van der Waals surface area contributed by atoms with Crippen LogP contribution in [0.4, 0.5) is 4.39 Å². The minimum Gasteiger partial charge on any atom is -0.497 e. The highest BCUT2D eigenvalue weighted by Crippen LogP contribution is 2.42. The minimum atomic E-state index is -0.621. The highest BCUT2D eigenvalue weighted by Gasteiger charge is 2.29. The second kappa shape index (κ2) is 10.6. The normalized spacial score (nSPS) is 20.1. The van der Waals surface area contributed by atoms with Gasteiger partial charge in [0.25, 0.3) is 0 Å². The molecule has 1 saturated carbocycles. The lowest BCUT2D eigenvalue weighted by atomic mass is 9.73. The fourth-order valence-corrected chi connectivity index (χ4v) is 4.45. The molecule has 31 heavy (non-hydrogen) atoms. The van der Waals surface area contributed by atoms with Gasteiger partial charge in [0.05, 0.1) is 19.3 Å². The summed E-state index contributed by atoms with van der Waals surface area (Å²) in [5.74, 6) is 0.556. The Balaban J connectivity index is 1.90. The van der Waals surface area contributed by atoms with E-state index in [9.17, 15) is 4.79 Å². The first kappa shape index (κ1) is 23.0. The van der Waals surface area contributed by atoms with Crippen LogP contribution in [0.5, 0.6) is 5.75 Å². The molecule has 5 heteroatoms. The van der Waals surface area contributed by atoms with Crippen LogP contribution < -0.4 is 4.74 Å². The van der Waals surface area contributed by atoms with E-state index in [4.69, 9.17) is 9.47 Å².